The summed E-state index contributed by atoms with van der Waals surface area (Å²) in [5.41, 5.74) is 7.25. The van der Waals surface area contributed by atoms with Crippen LogP contribution in [0.1, 0.15) is 33.1 Å². The molecule has 0 bridgehead atoms. The Hall–Kier alpha value is -1.26. The third kappa shape index (κ3) is 5.56. The van der Waals surface area contributed by atoms with E-state index in [-0.39, 0.29) is 11.3 Å². The molecular weight excluding hydrogens is 286 g/mol. The maximum Gasteiger partial charge on any atom is 0.224 e. The molecule has 0 aliphatic heterocycles. The number of hydrogen-bond donors (Lipinski definition) is 2. The van der Waals surface area contributed by atoms with Crippen molar-refractivity contribution in [1.82, 2.24) is 0 Å². The van der Waals surface area contributed by atoms with E-state index < -0.39 is 0 Å². The fraction of sp³-hybridized carbons (Fsp3) is 0.562. The standard InChI is InChI=1S/C16H26ClN3O/c1-16(2,10-11-18)9-8-14(21)19-13-7-5-6-12(17)15(13)20(3)4/h5-7H,8-11,18H2,1-4H3,(H,19,21). The van der Waals surface area contributed by atoms with Gasteiger partial charge >= 0.3 is 0 Å². The van der Waals surface area contributed by atoms with Gasteiger partial charge in [0, 0.05) is 20.5 Å². The third-order valence-electron chi connectivity index (χ3n) is 3.56. The number of nitrogens with two attached hydrogens (primary N) is 1. The molecule has 0 saturated carbocycles. The molecule has 4 nitrogen and oxygen atoms in total. The van der Waals surface area contributed by atoms with Crippen LogP contribution in [0.25, 0.3) is 0 Å². The van der Waals surface area contributed by atoms with Gasteiger partial charge in [-0.2, -0.15) is 0 Å². The van der Waals surface area contributed by atoms with E-state index in [4.69, 9.17) is 17.3 Å². The Morgan fingerprint density at radius 3 is 2.57 bits per heavy atom. The SMILES string of the molecule is CN(C)c1c(Cl)cccc1NC(=O)CCC(C)(C)CCN. The number of amides is 1. The summed E-state index contributed by atoms with van der Waals surface area (Å²) in [6, 6.07) is 5.52. The predicted octanol–water partition coefficient (Wildman–Crippen LogP) is 3.50. The molecule has 0 radical (unpaired) electrons. The van der Waals surface area contributed by atoms with Crippen LogP contribution in [0.2, 0.25) is 5.02 Å². The lowest BCUT2D eigenvalue weighted by Gasteiger charge is -2.24. The number of halogens is 1. The van der Waals surface area contributed by atoms with Gasteiger partial charge in [-0.25, -0.2) is 0 Å². The molecule has 0 fully saturated rings. The highest BCUT2D eigenvalue weighted by Crippen LogP contribution is 2.33. The number of rotatable bonds is 7. The summed E-state index contributed by atoms with van der Waals surface area (Å²) in [5.74, 6) is 0.00506. The Bertz CT molecular complexity index is 486. The van der Waals surface area contributed by atoms with E-state index in [1.165, 1.54) is 0 Å². The quantitative estimate of drug-likeness (QED) is 0.810. The first-order valence-electron chi connectivity index (χ1n) is 7.22. The van der Waals surface area contributed by atoms with Crippen LogP contribution in [0.5, 0.6) is 0 Å². The van der Waals surface area contributed by atoms with Gasteiger partial charge in [0.2, 0.25) is 5.91 Å². The van der Waals surface area contributed by atoms with E-state index in [1.54, 1.807) is 0 Å². The minimum atomic E-state index is 0.00506. The second-order valence-corrected chi connectivity index (χ2v) is 6.69. The maximum absolute atomic E-state index is 12.1. The van der Waals surface area contributed by atoms with Gasteiger partial charge in [0.25, 0.3) is 0 Å². The maximum atomic E-state index is 12.1. The molecule has 0 saturated heterocycles. The first-order valence-corrected chi connectivity index (χ1v) is 7.60. The van der Waals surface area contributed by atoms with E-state index in [0.717, 1.165) is 24.2 Å². The van der Waals surface area contributed by atoms with Crippen LogP contribution >= 0.6 is 11.6 Å². The fourth-order valence-corrected chi connectivity index (χ4v) is 2.59. The van der Waals surface area contributed by atoms with Gasteiger partial charge in [-0.15, -0.1) is 0 Å². The molecule has 1 aromatic carbocycles. The highest BCUT2D eigenvalue weighted by molar-refractivity contribution is 6.34. The van der Waals surface area contributed by atoms with Crippen molar-refractivity contribution >= 4 is 28.9 Å². The zero-order chi connectivity index (χ0) is 16.0. The van der Waals surface area contributed by atoms with Gasteiger partial charge in [0.05, 0.1) is 16.4 Å². The number of nitrogens with one attached hydrogen (secondary N) is 1. The van der Waals surface area contributed by atoms with Crippen molar-refractivity contribution in [3.05, 3.63) is 23.2 Å². The van der Waals surface area contributed by atoms with Gasteiger partial charge < -0.3 is 16.0 Å². The van der Waals surface area contributed by atoms with Crippen molar-refractivity contribution < 1.29 is 4.79 Å². The van der Waals surface area contributed by atoms with Crippen molar-refractivity contribution in [2.45, 2.75) is 33.1 Å². The van der Waals surface area contributed by atoms with E-state index in [1.807, 2.05) is 37.2 Å². The minimum absolute atomic E-state index is 0.00506. The number of carbonyl (C=O) groups is 1. The molecular formula is C16H26ClN3O. The number of hydrogen-bond acceptors (Lipinski definition) is 3. The molecule has 21 heavy (non-hydrogen) atoms. The van der Waals surface area contributed by atoms with Crippen LogP contribution in [0, 0.1) is 5.41 Å². The van der Waals surface area contributed by atoms with Gasteiger partial charge in [0.15, 0.2) is 0 Å². The van der Waals surface area contributed by atoms with Crippen LogP contribution in [-0.4, -0.2) is 26.5 Å². The summed E-state index contributed by atoms with van der Waals surface area (Å²) in [7, 11) is 3.81. The number of anilines is 2. The third-order valence-corrected chi connectivity index (χ3v) is 3.86. The Balaban J connectivity index is 2.70. The number of carbonyl (C=O) groups excluding carboxylic acids is 1. The molecule has 0 aliphatic rings. The van der Waals surface area contributed by atoms with Crippen LogP contribution in [0.15, 0.2) is 18.2 Å². The molecule has 5 heteroatoms. The summed E-state index contributed by atoms with van der Waals surface area (Å²) in [6.45, 7) is 4.92. The normalized spacial score (nSPS) is 11.3. The van der Waals surface area contributed by atoms with Crippen LogP contribution in [-0.2, 0) is 4.79 Å². The lowest BCUT2D eigenvalue weighted by atomic mass is 9.84. The van der Waals surface area contributed by atoms with Crippen LogP contribution in [0.3, 0.4) is 0 Å². The highest BCUT2D eigenvalue weighted by Gasteiger charge is 2.19. The molecule has 3 N–H and O–H groups in total. The van der Waals surface area contributed by atoms with Crippen molar-refractivity contribution in [2.75, 3.05) is 30.9 Å². The molecule has 0 aliphatic carbocycles. The first kappa shape index (κ1) is 17.8. The molecule has 0 aromatic heterocycles. The number of benzene rings is 1. The summed E-state index contributed by atoms with van der Waals surface area (Å²) < 4.78 is 0. The van der Waals surface area contributed by atoms with E-state index in [9.17, 15) is 4.79 Å². The van der Waals surface area contributed by atoms with Crippen molar-refractivity contribution in [3.63, 3.8) is 0 Å². The van der Waals surface area contributed by atoms with E-state index in [0.29, 0.717) is 18.0 Å². The number of nitrogens with zero attached hydrogens (tertiary/aromatic N) is 1. The molecule has 0 atom stereocenters. The summed E-state index contributed by atoms with van der Waals surface area (Å²) in [4.78, 5) is 14.0. The average molecular weight is 312 g/mol. The number of para-hydroxylation sites is 1. The second kappa shape index (κ2) is 7.66. The van der Waals surface area contributed by atoms with E-state index in [2.05, 4.69) is 19.2 Å². The van der Waals surface area contributed by atoms with Gasteiger partial charge in [-0.05, 0) is 36.9 Å². The molecule has 118 valence electrons. The largest absolute Gasteiger partial charge is 0.375 e. The smallest absolute Gasteiger partial charge is 0.224 e. The van der Waals surface area contributed by atoms with E-state index >= 15 is 0 Å². The summed E-state index contributed by atoms with van der Waals surface area (Å²) in [5, 5.41) is 3.58. The lowest BCUT2D eigenvalue weighted by molar-refractivity contribution is -0.116. The van der Waals surface area contributed by atoms with Crippen molar-refractivity contribution in [3.8, 4) is 0 Å². The monoisotopic (exact) mass is 311 g/mol. The van der Waals surface area contributed by atoms with Crippen molar-refractivity contribution in [1.29, 1.82) is 0 Å². The van der Waals surface area contributed by atoms with Gasteiger partial charge in [-0.1, -0.05) is 31.5 Å². The molecule has 1 aromatic rings. The molecule has 0 heterocycles. The Labute approximate surface area is 132 Å². The zero-order valence-electron chi connectivity index (χ0n) is 13.4. The lowest BCUT2D eigenvalue weighted by Crippen LogP contribution is -2.21. The zero-order valence-corrected chi connectivity index (χ0v) is 14.1. The summed E-state index contributed by atoms with van der Waals surface area (Å²) >= 11 is 6.19. The first-order chi connectivity index (χ1) is 9.76. The Kier molecular flexibility index (Phi) is 6.49. The van der Waals surface area contributed by atoms with Crippen molar-refractivity contribution in [2.24, 2.45) is 11.1 Å². The minimum Gasteiger partial charge on any atom is -0.375 e. The Morgan fingerprint density at radius 2 is 2.00 bits per heavy atom. The fourth-order valence-electron chi connectivity index (χ4n) is 2.25. The van der Waals surface area contributed by atoms with Crippen LogP contribution < -0.4 is 16.0 Å². The average Bonchev–Trinajstić information content (AvgIpc) is 2.36. The Morgan fingerprint density at radius 1 is 1.33 bits per heavy atom. The second-order valence-electron chi connectivity index (χ2n) is 6.28. The predicted molar refractivity (Wildman–Crippen MR) is 91.1 cm³/mol. The van der Waals surface area contributed by atoms with Gasteiger partial charge in [-0.3, -0.25) is 4.79 Å². The molecule has 0 spiro atoms. The van der Waals surface area contributed by atoms with Gasteiger partial charge in [0.1, 0.15) is 0 Å². The molecule has 1 rings (SSSR count). The molecule has 0 unspecified atom stereocenters. The van der Waals surface area contributed by atoms with Crippen LogP contribution in [0.4, 0.5) is 11.4 Å². The molecule has 1 amide bonds. The summed E-state index contributed by atoms with van der Waals surface area (Å²) in [6.07, 6.45) is 2.21. The highest BCUT2D eigenvalue weighted by atomic mass is 35.5. The topological polar surface area (TPSA) is 58.4 Å².